The fourth-order valence-electron chi connectivity index (χ4n) is 3.81. The average Bonchev–Trinajstić information content (AvgIpc) is 3.34. The Balaban J connectivity index is 1.53. The van der Waals surface area contributed by atoms with E-state index in [4.69, 9.17) is 24.5 Å². The normalized spacial score (nSPS) is 22.9. The van der Waals surface area contributed by atoms with Crippen molar-refractivity contribution in [3.63, 3.8) is 0 Å². The quantitative estimate of drug-likeness (QED) is 0.279. The Morgan fingerprint density at radius 2 is 2.14 bits per heavy atom. The summed E-state index contributed by atoms with van der Waals surface area (Å²) in [4.78, 5) is 34.4. The average molecular weight is 515 g/mol. The van der Waals surface area contributed by atoms with Crippen molar-refractivity contribution in [2.75, 3.05) is 25.6 Å². The molecular weight excluding hydrogens is 479 g/mol. The molecule has 196 valence electrons. The van der Waals surface area contributed by atoms with Crippen molar-refractivity contribution in [1.29, 1.82) is 0 Å². The van der Waals surface area contributed by atoms with Crippen LogP contribution in [0, 0.1) is 11.8 Å². The predicted molar refractivity (Wildman–Crippen MR) is 127 cm³/mol. The number of nitrogens with zero attached hydrogens (tertiary/aromatic N) is 4. The van der Waals surface area contributed by atoms with Crippen LogP contribution in [0.15, 0.2) is 6.33 Å². The van der Waals surface area contributed by atoms with Crippen LogP contribution < -0.4 is 15.6 Å². The van der Waals surface area contributed by atoms with Gasteiger partial charge in [-0.3, -0.25) is 13.9 Å². The Bertz CT molecular complexity index is 1060. The molecular formula is C21H35N6O7P. The Labute approximate surface area is 204 Å². The molecule has 1 aliphatic heterocycles. The van der Waals surface area contributed by atoms with E-state index in [-0.39, 0.29) is 49.3 Å². The monoisotopic (exact) mass is 514 g/mol. The molecule has 0 saturated carbocycles. The van der Waals surface area contributed by atoms with E-state index in [0.717, 1.165) is 6.42 Å². The Kier molecular flexibility index (Phi) is 9.05. The number of nitrogens with two attached hydrogens (primary N) is 1. The molecule has 0 spiro atoms. The molecule has 0 radical (unpaired) electrons. The van der Waals surface area contributed by atoms with Crippen molar-refractivity contribution in [2.24, 2.45) is 11.8 Å². The third-order valence-corrected chi connectivity index (χ3v) is 6.75. The first-order valence-electron chi connectivity index (χ1n) is 11.7. The van der Waals surface area contributed by atoms with Crippen LogP contribution in [0.5, 0.6) is 5.88 Å². The van der Waals surface area contributed by atoms with E-state index in [1.807, 2.05) is 13.8 Å². The third kappa shape index (κ3) is 7.11. The van der Waals surface area contributed by atoms with Crippen LogP contribution in [0.2, 0.25) is 0 Å². The summed E-state index contributed by atoms with van der Waals surface area (Å²) >= 11 is 0. The van der Waals surface area contributed by atoms with Gasteiger partial charge in [0.1, 0.15) is 12.8 Å². The maximum absolute atomic E-state index is 12.3. The van der Waals surface area contributed by atoms with Crippen molar-refractivity contribution in [3.8, 4) is 5.88 Å². The van der Waals surface area contributed by atoms with E-state index in [1.54, 1.807) is 31.7 Å². The lowest BCUT2D eigenvalue weighted by Gasteiger charge is -2.20. The second-order valence-corrected chi connectivity index (χ2v) is 10.5. The number of nitrogen functional groups attached to an aromatic ring is 1. The first kappa shape index (κ1) is 27.3. The van der Waals surface area contributed by atoms with Crippen LogP contribution in [-0.4, -0.2) is 62.3 Å². The number of aromatic nitrogens is 4. The number of nitrogens with one attached hydrogen (secondary N) is 1. The number of carbonyl (C=O) groups excluding carboxylic acids is 1. The zero-order chi connectivity index (χ0) is 25.8. The number of carbonyl (C=O) groups is 1. The predicted octanol–water partition coefficient (Wildman–Crippen LogP) is 2.42. The number of fused-ring (bicyclic) bond motifs is 1. The minimum absolute atomic E-state index is 0.0116. The molecule has 0 amide bonds. The van der Waals surface area contributed by atoms with Crippen molar-refractivity contribution in [3.05, 3.63) is 6.33 Å². The zero-order valence-corrected chi connectivity index (χ0v) is 21.6. The Morgan fingerprint density at radius 3 is 2.83 bits per heavy atom. The fraction of sp³-hybridized carbons (Fsp3) is 0.714. The lowest BCUT2D eigenvalue weighted by Crippen LogP contribution is -2.31. The van der Waals surface area contributed by atoms with Gasteiger partial charge in [-0.05, 0) is 26.7 Å². The SMILES string of the molecule is CCOc1nc(N)nc2c1ncn2C1OC(CCOP(=O)(O)NC(C)COC(=O)C(C)C)CC1C. The molecule has 14 heteroatoms. The summed E-state index contributed by atoms with van der Waals surface area (Å²) in [5.41, 5.74) is 6.87. The number of anilines is 1. The zero-order valence-electron chi connectivity index (χ0n) is 20.7. The minimum Gasteiger partial charge on any atom is -0.476 e. The summed E-state index contributed by atoms with van der Waals surface area (Å²) in [6.45, 7) is 9.35. The molecule has 3 rings (SSSR count). The summed E-state index contributed by atoms with van der Waals surface area (Å²) in [6.07, 6.45) is 2.22. The van der Waals surface area contributed by atoms with Crippen LogP contribution in [0.25, 0.3) is 11.2 Å². The molecule has 2 aromatic heterocycles. The molecule has 0 aliphatic carbocycles. The maximum Gasteiger partial charge on any atom is 0.403 e. The van der Waals surface area contributed by atoms with Gasteiger partial charge in [-0.2, -0.15) is 9.97 Å². The summed E-state index contributed by atoms with van der Waals surface area (Å²) in [5.74, 6) is -0.113. The van der Waals surface area contributed by atoms with E-state index in [2.05, 4.69) is 20.0 Å². The van der Waals surface area contributed by atoms with Gasteiger partial charge in [0.25, 0.3) is 0 Å². The molecule has 1 saturated heterocycles. The van der Waals surface area contributed by atoms with Gasteiger partial charge < -0.3 is 24.8 Å². The molecule has 0 bridgehead atoms. The fourth-order valence-corrected chi connectivity index (χ4v) is 4.87. The van der Waals surface area contributed by atoms with E-state index < -0.39 is 13.8 Å². The number of imidazole rings is 1. The molecule has 2 aromatic rings. The molecule has 35 heavy (non-hydrogen) atoms. The van der Waals surface area contributed by atoms with Gasteiger partial charge in [-0.15, -0.1) is 0 Å². The van der Waals surface area contributed by atoms with Crippen molar-refractivity contribution < 1.29 is 33.0 Å². The molecule has 13 nitrogen and oxygen atoms in total. The second kappa shape index (κ2) is 11.6. The van der Waals surface area contributed by atoms with Crippen LogP contribution in [0.3, 0.4) is 0 Å². The van der Waals surface area contributed by atoms with E-state index in [0.29, 0.717) is 30.1 Å². The Morgan fingerprint density at radius 1 is 1.40 bits per heavy atom. The molecule has 0 aromatic carbocycles. The summed E-state index contributed by atoms with van der Waals surface area (Å²) in [5, 5.41) is 2.48. The van der Waals surface area contributed by atoms with Crippen LogP contribution in [0.4, 0.5) is 5.95 Å². The molecule has 5 atom stereocenters. The van der Waals surface area contributed by atoms with Crippen LogP contribution >= 0.6 is 7.75 Å². The first-order chi connectivity index (χ1) is 16.5. The number of esters is 1. The smallest absolute Gasteiger partial charge is 0.403 e. The maximum atomic E-state index is 12.3. The second-order valence-electron chi connectivity index (χ2n) is 8.96. The van der Waals surface area contributed by atoms with Crippen molar-refractivity contribution >= 4 is 30.8 Å². The number of ether oxygens (including phenoxy) is 3. The number of hydrogen-bond acceptors (Lipinski definition) is 10. The molecule has 1 aliphatic rings. The van der Waals surface area contributed by atoms with Crippen molar-refractivity contribution in [2.45, 2.75) is 65.8 Å². The van der Waals surface area contributed by atoms with Crippen LogP contribution in [0.1, 0.15) is 53.7 Å². The lowest BCUT2D eigenvalue weighted by atomic mass is 10.0. The van der Waals surface area contributed by atoms with Gasteiger partial charge in [-0.1, -0.05) is 20.8 Å². The number of hydrogen-bond donors (Lipinski definition) is 3. The highest BCUT2D eigenvalue weighted by Crippen LogP contribution is 2.40. The van der Waals surface area contributed by atoms with Gasteiger partial charge in [0.2, 0.25) is 11.8 Å². The molecule has 4 N–H and O–H groups in total. The topological polar surface area (TPSA) is 173 Å². The summed E-state index contributed by atoms with van der Waals surface area (Å²) in [6, 6.07) is -0.550. The molecule has 5 unspecified atom stereocenters. The third-order valence-electron chi connectivity index (χ3n) is 5.45. The molecule has 3 heterocycles. The lowest BCUT2D eigenvalue weighted by molar-refractivity contribution is -0.147. The summed E-state index contributed by atoms with van der Waals surface area (Å²) < 4.78 is 36.2. The standard InChI is InChI=1S/C21H35N6O7P/c1-6-31-18-16-17(24-21(22)25-18)27(11-23-16)19-13(4)9-15(34-19)7-8-33-35(29,30)26-14(5)10-32-20(28)12(2)3/h11-15,19H,6-10H2,1-5H3,(H2,22,24,25)(H2,26,29,30). The van der Waals surface area contributed by atoms with Gasteiger partial charge in [0, 0.05) is 12.0 Å². The largest absolute Gasteiger partial charge is 0.476 e. The van der Waals surface area contributed by atoms with Gasteiger partial charge >= 0.3 is 13.7 Å². The van der Waals surface area contributed by atoms with Gasteiger partial charge in [-0.25, -0.2) is 14.6 Å². The minimum atomic E-state index is -4.07. The number of rotatable bonds is 12. The van der Waals surface area contributed by atoms with E-state index in [9.17, 15) is 14.3 Å². The van der Waals surface area contributed by atoms with E-state index in [1.165, 1.54) is 0 Å². The van der Waals surface area contributed by atoms with Gasteiger partial charge in [0.15, 0.2) is 11.2 Å². The van der Waals surface area contributed by atoms with E-state index >= 15 is 0 Å². The summed E-state index contributed by atoms with van der Waals surface area (Å²) in [7, 11) is -4.07. The van der Waals surface area contributed by atoms with Gasteiger partial charge in [0.05, 0.1) is 31.6 Å². The highest BCUT2D eigenvalue weighted by atomic mass is 31.2. The first-order valence-corrected chi connectivity index (χ1v) is 13.3. The van der Waals surface area contributed by atoms with Crippen LogP contribution in [-0.2, 0) is 23.4 Å². The van der Waals surface area contributed by atoms with Crippen molar-refractivity contribution in [1.82, 2.24) is 24.6 Å². The molecule has 1 fully saturated rings. The highest BCUT2D eigenvalue weighted by molar-refractivity contribution is 7.50. The highest BCUT2D eigenvalue weighted by Gasteiger charge is 2.35. The Hall–Kier alpha value is -2.31.